The number of rotatable bonds is 40. The molecule has 0 spiro atoms. The van der Waals surface area contributed by atoms with E-state index in [2.05, 4.69) is 62.6 Å². The lowest BCUT2D eigenvalue weighted by atomic mass is 10.3. The molecule has 0 amide bonds. The fourth-order valence-electron chi connectivity index (χ4n) is 7.00. The first-order valence-corrected chi connectivity index (χ1v) is 33.0. The average Bonchev–Trinajstić information content (AvgIpc) is 4.09. The first-order valence-electron chi connectivity index (χ1n) is 25.2. The van der Waals surface area contributed by atoms with Gasteiger partial charge in [-0.3, -0.25) is 0 Å². The Labute approximate surface area is 465 Å². The zero-order valence-corrected chi connectivity index (χ0v) is 48.7. The van der Waals surface area contributed by atoms with Crippen molar-refractivity contribution in [1.82, 2.24) is 39.9 Å². The van der Waals surface area contributed by atoms with Crippen LogP contribution < -0.4 is 0 Å². The highest BCUT2D eigenvalue weighted by atomic mass is 32.2. The van der Waals surface area contributed by atoms with Crippen LogP contribution in [0.2, 0.25) is 0 Å². The summed E-state index contributed by atoms with van der Waals surface area (Å²) in [5.41, 5.74) is 3.08. The molecule has 8 nitrogen and oxygen atoms in total. The van der Waals surface area contributed by atoms with E-state index < -0.39 is 0 Å². The van der Waals surface area contributed by atoms with Crippen LogP contribution in [0, 0.1) is 0 Å². The topological polar surface area (TPSA) is 109 Å². The maximum absolute atomic E-state index is 5.63. The summed E-state index contributed by atoms with van der Waals surface area (Å²) in [5.74, 6) is 9.79. The number of nitrogens with zero attached hydrogens (tertiary/aromatic N) is 6. The maximum Gasteiger partial charge on any atom is 0.171 e. The van der Waals surface area contributed by atoms with Crippen LogP contribution >= 0.6 is 94.1 Å². The lowest BCUT2D eigenvalue weighted by Crippen LogP contribution is -1.93. The minimum Gasteiger partial charge on any atom is -0.323 e. The molecule has 0 saturated carbocycles. The van der Waals surface area contributed by atoms with Crippen LogP contribution in [0.5, 0.6) is 0 Å². The fraction of sp³-hybridized carbons (Fsp3) is 0.429. The van der Waals surface area contributed by atoms with E-state index in [1.165, 1.54) is 0 Å². The van der Waals surface area contributed by atoms with Crippen LogP contribution in [0.1, 0.15) is 126 Å². The molecule has 2 aliphatic rings. The highest BCUT2D eigenvalue weighted by Crippen LogP contribution is 2.48. The van der Waals surface area contributed by atoms with Crippen molar-refractivity contribution >= 4 is 136 Å². The highest BCUT2D eigenvalue weighted by molar-refractivity contribution is 8.14. The van der Waals surface area contributed by atoms with Gasteiger partial charge < -0.3 is 9.97 Å². The summed E-state index contributed by atoms with van der Waals surface area (Å²) in [7, 11) is 0. The Kier molecular flexibility index (Phi) is 29.4. The van der Waals surface area contributed by atoms with E-state index in [1.807, 2.05) is 143 Å². The Bertz CT molecular complexity index is 2370. The molecule has 72 heavy (non-hydrogen) atoms. The van der Waals surface area contributed by atoms with Gasteiger partial charge in [0.05, 0.1) is 39.2 Å². The predicted octanol–water partition coefficient (Wildman–Crippen LogP) is 18.6. The highest BCUT2D eigenvalue weighted by Gasteiger charge is 2.29. The fourth-order valence-corrected chi connectivity index (χ4v) is 16.2. The van der Waals surface area contributed by atoms with Crippen molar-refractivity contribution in [3.8, 4) is 0 Å². The minimum atomic E-state index is 0.644. The van der Waals surface area contributed by atoms with Crippen molar-refractivity contribution in [3.63, 3.8) is 0 Å². The molecule has 0 radical (unpaired) electrons. The number of aromatic nitrogens is 8. The number of allylic oxidation sites excluding steroid dienone is 8. The zero-order chi connectivity index (χ0) is 51.2. The van der Waals surface area contributed by atoms with Gasteiger partial charge >= 0.3 is 0 Å². The standard InChI is InChI=1S/C56H74N8S8/c1-9-17-25-33-65-41-42(66-34-26-18-10-2)50-57-49(41)61-51-43(67-35-27-19-11-3)44(68-36-28-20-12-4)53(58-51)63-55-47(71-39-31-23-15-7)48(72-40-32-24-16-8)56(60-55)64-54-46(70-38-30-22-14-6)45(52(59-54)62-50)69-37-29-21-13-5/h9-16H,1-8,17-40H2,(H2,57,58,59,60,61,62,63,64). The second kappa shape index (κ2) is 35.3. The van der Waals surface area contributed by atoms with E-state index in [1.54, 1.807) is 0 Å². The number of hydrogen-bond acceptors (Lipinski definition) is 14. The van der Waals surface area contributed by atoms with E-state index in [0.29, 0.717) is 23.3 Å². The van der Waals surface area contributed by atoms with Gasteiger partial charge in [0.25, 0.3) is 0 Å². The minimum absolute atomic E-state index is 0.644. The third-order valence-electron chi connectivity index (χ3n) is 10.7. The number of nitrogens with one attached hydrogen (secondary N) is 2. The molecule has 3 aromatic rings. The molecule has 3 aromatic heterocycles. The van der Waals surface area contributed by atoms with E-state index in [-0.39, 0.29) is 0 Å². The molecule has 0 aromatic carbocycles. The Morgan fingerprint density at radius 1 is 0.264 bits per heavy atom. The van der Waals surface area contributed by atoms with Gasteiger partial charge in [0.15, 0.2) is 23.3 Å². The summed E-state index contributed by atoms with van der Waals surface area (Å²) in [6.45, 7) is 32.2. The Morgan fingerprint density at radius 2 is 0.458 bits per heavy atom. The van der Waals surface area contributed by atoms with Crippen molar-refractivity contribution in [2.75, 3.05) is 46.0 Å². The monoisotopic (exact) mass is 1110 g/mol. The largest absolute Gasteiger partial charge is 0.323 e. The van der Waals surface area contributed by atoms with Gasteiger partial charge in [-0.25, -0.2) is 29.9 Å². The van der Waals surface area contributed by atoms with Crippen LogP contribution in [0.4, 0.5) is 0 Å². The Hall–Kier alpha value is -2.96. The van der Waals surface area contributed by atoms with Crippen molar-refractivity contribution in [2.24, 2.45) is 0 Å². The van der Waals surface area contributed by atoms with Crippen LogP contribution in [0.15, 0.2) is 121 Å². The normalized spacial score (nSPS) is 12.3. The van der Waals surface area contributed by atoms with Crippen molar-refractivity contribution in [2.45, 2.75) is 122 Å². The lowest BCUT2D eigenvalue weighted by Gasteiger charge is -2.08. The van der Waals surface area contributed by atoms with Crippen molar-refractivity contribution in [1.29, 1.82) is 0 Å². The quantitative estimate of drug-likeness (QED) is 0.0320. The summed E-state index contributed by atoms with van der Waals surface area (Å²) in [4.78, 5) is 49.3. The molecule has 8 bridgehead atoms. The summed E-state index contributed by atoms with van der Waals surface area (Å²) in [6.07, 6.45) is 31.4. The Balaban J connectivity index is 1.98. The van der Waals surface area contributed by atoms with Crippen molar-refractivity contribution < 1.29 is 0 Å². The van der Waals surface area contributed by atoms with Crippen LogP contribution in [-0.2, 0) is 0 Å². The van der Waals surface area contributed by atoms with Gasteiger partial charge in [-0.1, -0.05) is 48.6 Å². The number of aromatic amines is 2. The number of unbranched alkanes of at least 4 members (excludes halogenated alkanes) is 8. The molecule has 5 heterocycles. The third-order valence-corrected chi connectivity index (χ3v) is 20.6. The first-order chi connectivity index (χ1) is 35.5. The molecule has 386 valence electrons. The van der Waals surface area contributed by atoms with Gasteiger partial charge in [0.2, 0.25) is 0 Å². The van der Waals surface area contributed by atoms with E-state index >= 15 is 0 Å². The number of hydrogen-bond donors (Lipinski definition) is 2. The predicted molar refractivity (Wildman–Crippen MR) is 334 cm³/mol. The number of H-pyrrole nitrogens is 2. The number of thioether (sulfide) groups is 8. The van der Waals surface area contributed by atoms with Gasteiger partial charge in [0.1, 0.15) is 22.6 Å². The summed E-state index contributed by atoms with van der Waals surface area (Å²) >= 11 is 14.6. The molecule has 2 aliphatic heterocycles. The van der Waals surface area contributed by atoms with Crippen LogP contribution in [0.3, 0.4) is 0 Å². The Morgan fingerprint density at radius 3 is 0.681 bits per heavy atom. The second-order valence-corrected chi connectivity index (χ2v) is 25.3. The third kappa shape index (κ3) is 18.7. The maximum atomic E-state index is 5.63. The molecule has 0 fully saturated rings. The lowest BCUT2D eigenvalue weighted by molar-refractivity contribution is 0.970. The summed E-state index contributed by atoms with van der Waals surface area (Å²) in [6, 6.07) is 0. The second-order valence-electron chi connectivity index (χ2n) is 16.5. The molecule has 2 N–H and O–H groups in total. The van der Waals surface area contributed by atoms with Crippen LogP contribution in [0.25, 0.3) is 42.2 Å². The molecule has 5 rings (SSSR count). The molecule has 0 saturated heterocycles. The smallest absolute Gasteiger partial charge is 0.171 e. The first kappa shape index (κ1) is 59.9. The van der Waals surface area contributed by atoms with Crippen LogP contribution in [-0.4, -0.2) is 85.9 Å². The van der Waals surface area contributed by atoms with E-state index in [0.717, 1.165) is 211 Å². The molecule has 16 heteroatoms. The average molecular weight is 1120 g/mol. The molecular weight excluding hydrogens is 1040 g/mol. The molecule has 0 aliphatic carbocycles. The molecule has 0 atom stereocenters. The molecular formula is C56H74N8S8. The van der Waals surface area contributed by atoms with Gasteiger partial charge in [-0.2, -0.15) is 0 Å². The zero-order valence-electron chi connectivity index (χ0n) is 42.2. The van der Waals surface area contributed by atoms with Gasteiger partial charge in [-0.05, 0) is 149 Å². The van der Waals surface area contributed by atoms with E-state index in [4.69, 9.17) is 29.9 Å². The number of fused-ring (bicyclic) bond motifs is 8. The van der Waals surface area contributed by atoms with E-state index in [9.17, 15) is 0 Å². The summed E-state index contributed by atoms with van der Waals surface area (Å²) in [5, 5.41) is 0. The summed E-state index contributed by atoms with van der Waals surface area (Å²) < 4.78 is 0. The van der Waals surface area contributed by atoms with Crippen molar-refractivity contribution in [3.05, 3.63) is 125 Å². The SMILES string of the molecule is C=CCCCSC1=C(SCCCC=C)c2nc1nc1nc(nc3[nH]c(nc4[nH]c(n2)c(SCCCC=C)c4SCCCC=C)c(SCCCC=C)c3SCCCC=C)C(SCCCC=C)=C1SCCCC=C. The van der Waals surface area contributed by atoms with Gasteiger partial charge in [0, 0.05) is 0 Å². The molecule has 0 unspecified atom stereocenters. The van der Waals surface area contributed by atoms with Gasteiger partial charge in [-0.15, -0.1) is 147 Å².